The van der Waals surface area contributed by atoms with Crippen LogP contribution in [0.5, 0.6) is 6.01 Å². The van der Waals surface area contributed by atoms with Crippen LogP contribution in [0.4, 0.5) is 37.3 Å². The highest BCUT2D eigenvalue weighted by Gasteiger charge is 2.49. The molecule has 3 aliphatic heterocycles. The smallest absolute Gasteiger partial charge is 0.417 e. The first kappa shape index (κ1) is 29.8. The maximum absolute atomic E-state index is 16.7. The third-order valence-electron chi connectivity index (χ3n) is 9.13. The van der Waals surface area contributed by atoms with E-state index in [4.69, 9.17) is 15.7 Å². The first-order chi connectivity index (χ1) is 21.5. The van der Waals surface area contributed by atoms with Crippen LogP contribution in [0.25, 0.3) is 32.2 Å². The van der Waals surface area contributed by atoms with E-state index in [-0.39, 0.29) is 63.6 Å². The number of thiazole rings is 1. The van der Waals surface area contributed by atoms with Crippen molar-refractivity contribution in [2.45, 2.75) is 50.0 Å². The average molecular weight is 648 g/mol. The predicted molar refractivity (Wildman–Crippen MR) is 157 cm³/mol. The molecule has 45 heavy (non-hydrogen) atoms. The number of nitriles is 1. The fourth-order valence-corrected chi connectivity index (χ4v) is 7.78. The third kappa shape index (κ3) is 5.07. The van der Waals surface area contributed by atoms with Crippen LogP contribution in [0.15, 0.2) is 18.2 Å². The second-order valence-electron chi connectivity index (χ2n) is 12.0. The lowest BCUT2D eigenvalue weighted by atomic mass is 9.93. The second kappa shape index (κ2) is 10.9. The molecule has 15 heteroatoms. The molecular weight excluding hydrogens is 620 g/mol. The van der Waals surface area contributed by atoms with Gasteiger partial charge >= 0.3 is 12.2 Å². The number of aromatic nitrogens is 3. The second-order valence-corrected chi connectivity index (χ2v) is 13.0. The monoisotopic (exact) mass is 647 g/mol. The van der Waals surface area contributed by atoms with Crippen LogP contribution in [0.3, 0.4) is 0 Å². The summed E-state index contributed by atoms with van der Waals surface area (Å²) in [7, 11) is 0. The highest BCUT2D eigenvalue weighted by molar-refractivity contribution is 7.22. The van der Waals surface area contributed by atoms with Crippen molar-refractivity contribution in [3.63, 3.8) is 0 Å². The molecule has 8 nitrogen and oxygen atoms in total. The van der Waals surface area contributed by atoms with Crippen molar-refractivity contribution in [3.8, 4) is 23.2 Å². The molecule has 0 aliphatic carbocycles. The Kier molecular flexibility index (Phi) is 7.20. The van der Waals surface area contributed by atoms with E-state index in [2.05, 4.69) is 21.0 Å². The van der Waals surface area contributed by atoms with Gasteiger partial charge in [-0.05, 0) is 49.9 Å². The molecule has 0 spiro atoms. The maximum Gasteiger partial charge on any atom is 0.417 e. The molecule has 0 bridgehead atoms. The zero-order valence-electron chi connectivity index (χ0n) is 23.8. The largest absolute Gasteiger partial charge is 0.461 e. The fourth-order valence-electron chi connectivity index (χ4n) is 7.02. The van der Waals surface area contributed by atoms with E-state index in [1.807, 2.05) is 4.90 Å². The van der Waals surface area contributed by atoms with Gasteiger partial charge in [0.05, 0.1) is 27.4 Å². The quantitative estimate of drug-likeness (QED) is 0.228. The maximum atomic E-state index is 16.7. The van der Waals surface area contributed by atoms with Gasteiger partial charge < -0.3 is 15.4 Å². The summed E-state index contributed by atoms with van der Waals surface area (Å²) in [6.45, 7) is 1.84. The van der Waals surface area contributed by atoms with E-state index in [9.17, 15) is 22.0 Å². The number of halogens is 6. The Balaban J connectivity index is 1.38. The van der Waals surface area contributed by atoms with Gasteiger partial charge in [0.1, 0.15) is 29.9 Å². The summed E-state index contributed by atoms with van der Waals surface area (Å²) >= 11 is 0.746. The molecule has 3 saturated heterocycles. The molecule has 0 saturated carbocycles. The summed E-state index contributed by atoms with van der Waals surface area (Å²) in [5.74, 6) is -1.86. The topological polar surface area (TPSA) is 104 Å². The van der Waals surface area contributed by atoms with Crippen molar-refractivity contribution >= 4 is 43.4 Å². The van der Waals surface area contributed by atoms with Gasteiger partial charge in [0, 0.05) is 49.0 Å². The van der Waals surface area contributed by atoms with E-state index in [1.54, 1.807) is 4.90 Å². The van der Waals surface area contributed by atoms with E-state index in [0.717, 1.165) is 42.5 Å². The van der Waals surface area contributed by atoms with Gasteiger partial charge in [-0.25, -0.2) is 18.2 Å². The normalized spacial score (nSPS) is 22.2. The summed E-state index contributed by atoms with van der Waals surface area (Å²) in [5.41, 5.74) is 2.17. The highest BCUT2D eigenvalue weighted by atomic mass is 32.1. The average Bonchev–Trinajstić information content (AvgIpc) is 3.63. The Morgan fingerprint density at radius 1 is 1.13 bits per heavy atom. The molecule has 236 valence electrons. The number of alkyl halides is 4. The van der Waals surface area contributed by atoms with Crippen LogP contribution >= 0.6 is 11.3 Å². The SMILES string of the molecule is N#CCCC1CN(c2nc(OC[C@@]34CCCN3C[C@H](F)C4)nc3c(F)c(-c4ccc(F)c5sc(N)nc45)c(C(F)(F)F)cc23)C1. The number of anilines is 2. The van der Waals surface area contributed by atoms with Crippen molar-refractivity contribution in [2.75, 3.05) is 43.4 Å². The van der Waals surface area contributed by atoms with Crippen LogP contribution in [0.2, 0.25) is 0 Å². The van der Waals surface area contributed by atoms with Crippen molar-refractivity contribution in [3.05, 3.63) is 35.4 Å². The predicted octanol–water partition coefficient (Wildman–Crippen LogP) is 6.48. The number of hydrogen-bond donors (Lipinski definition) is 1. The Labute approximate surface area is 257 Å². The molecule has 3 aliphatic rings. The Hall–Kier alpha value is -3.90. The number of ether oxygens (including phenoxy) is 1. The van der Waals surface area contributed by atoms with Gasteiger partial charge in [-0.15, -0.1) is 0 Å². The van der Waals surface area contributed by atoms with Gasteiger partial charge in [-0.2, -0.15) is 28.4 Å². The highest BCUT2D eigenvalue weighted by Crippen LogP contribution is 2.47. The molecule has 0 unspecified atom stereocenters. The Morgan fingerprint density at radius 2 is 1.93 bits per heavy atom. The van der Waals surface area contributed by atoms with Crippen molar-refractivity contribution in [1.29, 1.82) is 5.26 Å². The first-order valence-corrected chi connectivity index (χ1v) is 15.4. The fraction of sp³-hybridized carbons (Fsp3) is 0.467. The lowest BCUT2D eigenvalue weighted by Gasteiger charge is -2.40. The van der Waals surface area contributed by atoms with E-state index >= 15 is 4.39 Å². The van der Waals surface area contributed by atoms with Crippen molar-refractivity contribution in [1.82, 2.24) is 19.9 Å². The lowest BCUT2D eigenvalue weighted by Crippen LogP contribution is -2.47. The summed E-state index contributed by atoms with van der Waals surface area (Å²) in [5, 5.41) is 8.70. The number of nitrogens with zero attached hydrogens (tertiary/aromatic N) is 6. The molecule has 5 heterocycles. The molecule has 7 rings (SSSR count). The number of fused-ring (bicyclic) bond motifs is 3. The van der Waals surface area contributed by atoms with E-state index in [1.165, 1.54) is 0 Å². The molecule has 3 fully saturated rings. The number of nitrogen functional groups attached to an aromatic ring is 1. The molecule has 2 aromatic heterocycles. The van der Waals surface area contributed by atoms with Gasteiger partial charge in [0.25, 0.3) is 0 Å². The van der Waals surface area contributed by atoms with Crippen LogP contribution in [-0.2, 0) is 6.18 Å². The first-order valence-electron chi connectivity index (χ1n) is 14.6. The lowest BCUT2D eigenvalue weighted by molar-refractivity contribution is -0.137. The third-order valence-corrected chi connectivity index (χ3v) is 10.0. The van der Waals surface area contributed by atoms with Gasteiger partial charge in [-0.1, -0.05) is 11.3 Å². The molecule has 2 N–H and O–H groups in total. The number of benzene rings is 2. The summed E-state index contributed by atoms with van der Waals surface area (Å²) in [4.78, 5) is 16.5. The molecule has 2 atom stereocenters. The number of rotatable bonds is 7. The zero-order chi connectivity index (χ0) is 31.7. The summed E-state index contributed by atoms with van der Waals surface area (Å²) in [6, 6.07) is 4.66. The Morgan fingerprint density at radius 3 is 2.69 bits per heavy atom. The molecule has 0 radical (unpaired) electrons. The minimum absolute atomic E-state index is 0.0367. The van der Waals surface area contributed by atoms with E-state index < -0.39 is 46.2 Å². The molecule has 0 amide bonds. The summed E-state index contributed by atoms with van der Waals surface area (Å²) in [6.07, 6.45) is -3.26. The van der Waals surface area contributed by atoms with Gasteiger partial charge in [0.15, 0.2) is 10.9 Å². The van der Waals surface area contributed by atoms with Crippen LogP contribution in [-0.4, -0.2) is 64.3 Å². The molecular formula is C30H27F6N7OS. The minimum atomic E-state index is -5.01. The van der Waals surface area contributed by atoms with Crippen molar-refractivity contribution < 1.29 is 31.1 Å². The minimum Gasteiger partial charge on any atom is -0.461 e. The number of hydrogen-bond acceptors (Lipinski definition) is 9. The molecule has 4 aromatic rings. The van der Waals surface area contributed by atoms with Gasteiger partial charge in [-0.3, -0.25) is 4.90 Å². The zero-order valence-corrected chi connectivity index (χ0v) is 24.6. The summed E-state index contributed by atoms with van der Waals surface area (Å²) < 4.78 is 95.5. The van der Waals surface area contributed by atoms with E-state index in [0.29, 0.717) is 32.4 Å². The standard InChI is InChI=1S/C30H27F6N7OS/c31-16-10-29(6-2-8-43(29)13-16)14-44-28-40-23-18(26(41-28)42-11-15(12-42)3-1-7-37)9-19(30(34,35)36)21(22(23)33)17-4-5-20(32)25-24(17)39-27(38)45-25/h4-5,9,15-16H,1-3,6,8,10-14H2,(H2,38,39)/t16-,29+/m1/s1. The molecule has 2 aromatic carbocycles. The van der Waals surface area contributed by atoms with Gasteiger partial charge in [0.2, 0.25) is 0 Å². The van der Waals surface area contributed by atoms with Crippen LogP contribution < -0.4 is 15.4 Å². The van der Waals surface area contributed by atoms with Crippen LogP contribution in [0.1, 0.15) is 37.7 Å². The van der Waals surface area contributed by atoms with Crippen LogP contribution in [0, 0.1) is 28.9 Å². The Bertz CT molecular complexity index is 1850. The van der Waals surface area contributed by atoms with Crippen molar-refractivity contribution in [2.24, 2.45) is 5.92 Å². The number of nitrogens with two attached hydrogens (primary N) is 1.